The SMILES string of the molecule is P.S.[SiH4].[Ti]. The Kier molecular flexibility index (Phi) is 240. The largest absolute Gasteiger partial charge is 0.197 e. The fraction of sp³-hybridized carbons (Fsp3) is 0. The number of rotatable bonds is 0. The van der Waals surface area contributed by atoms with Gasteiger partial charge in [0.05, 0.1) is 0 Å². The van der Waals surface area contributed by atoms with E-state index in [1.165, 1.54) is 0 Å². The molecule has 0 heterocycles. The van der Waals surface area contributed by atoms with Crippen molar-refractivity contribution in [2.24, 2.45) is 0 Å². The fourth-order valence-corrected chi connectivity index (χ4v) is 0. The minimum Gasteiger partial charge on any atom is -0.197 e. The van der Waals surface area contributed by atoms with E-state index in [1.54, 1.807) is 0 Å². The van der Waals surface area contributed by atoms with Gasteiger partial charge >= 0.3 is 0 Å². The quantitative estimate of drug-likeness (QED) is 0.296. The van der Waals surface area contributed by atoms with Gasteiger partial charge in [-0.1, -0.05) is 0 Å². The molecular formula is H9PSSiTi. The molecule has 4 heavy (non-hydrogen) atoms. The van der Waals surface area contributed by atoms with E-state index in [1.807, 2.05) is 0 Å². The van der Waals surface area contributed by atoms with Gasteiger partial charge in [0.2, 0.25) is 0 Å². The van der Waals surface area contributed by atoms with Gasteiger partial charge in [0.25, 0.3) is 0 Å². The first-order valence-electron chi connectivity index (χ1n) is 0. The van der Waals surface area contributed by atoms with Crippen molar-refractivity contribution in [3.63, 3.8) is 0 Å². The van der Waals surface area contributed by atoms with Crippen molar-refractivity contribution < 1.29 is 21.7 Å². The van der Waals surface area contributed by atoms with Gasteiger partial charge in [-0.25, -0.2) is 0 Å². The summed E-state index contributed by atoms with van der Waals surface area (Å²) in [5, 5.41) is 0. The molecule has 0 aliphatic heterocycles. The molecule has 0 aromatic heterocycles. The minimum atomic E-state index is 0. The first-order chi connectivity index (χ1) is 0. The summed E-state index contributed by atoms with van der Waals surface area (Å²) >= 11 is 0. The Bertz CT molecular complexity index is 8.00. The minimum absolute atomic E-state index is 0. The van der Waals surface area contributed by atoms with E-state index in [4.69, 9.17) is 0 Å². The Hall–Kier alpha value is 1.71. The number of hydrogen-bond acceptors (Lipinski definition) is 0. The van der Waals surface area contributed by atoms with Gasteiger partial charge in [0.1, 0.15) is 0 Å². The van der Waals surface area contributed by atoms with Gasteiger partial charge in [-0.3, -0.25) is 0 Å². The molecule has 0 rings (SSSR count). The summed E-state index contributed by atoms with van der Waals surface area (Å²) in [7, 11) is 0. The first-order valence-corrected chi connectivity index (χ1v) is 0. The molecule has 0 N–H and O–H groups in total. The maximum Gasteiger partial charge on any atom is 0 e. The Morgan fingerprint density at radius 1 is 1.00 bits per heavy atom. The summed E-state index contributed by atoms with van der Waals surface area (Å²) in [6, 6.07) is 0. The van der Waals surface area contributed by atoms with Crippen molar-refractivity contribution in [3.05, 3.63) is 0 Å². The van der Waals surface area contributed by atoms with E-state index < -0.39 is 0 Å². The molecule has 0 aromatic carbocycles. The molecular weight excluding hydrogens is 139 g/mol. The molecule has 0 saturated carbocycles. The van der Waals surface area contributed by atoms with Crippen LogP contribution in [-0.4, -0.2) is 11.0 Å². The summed E-state index contributed by atoms with van der Waals surface area (Å²) in [6.07, 6.45) is 0. The average Bonchev–Trinajstić information content (AvgIpc) is 0. The van der Waals surface area contributed by atoms with E-state index in [-0.39, 0.29) is 56.1 Å². The Balaban J connectivity index is 0. The molecule has 1 unspecified atom stereocenters. The van der Waals surface area contributed by atoms with E-state index in [0.29, 0.717) is 0 Å². The van der Waals surface area contributed by atoms with Gasteiger partial charge in [-0.2, -0.15) is 23.4 Å². The molecule has 0 bridgehead atoms. The molecule has 0 nitrogen and oxygen atoms in total. The monoisotopic (exact) mass is 148 g/mol. The zero-order chi connectivity index (χ0) is 0. The second-order valence-corrected chi connectivity index (χ2v) is 0. The molecule has 0 aliphatic carbocycles. The molecule has 4 heteroatoms. The van der Waals surface area contributed by atoms with Crippen molar-refractivity contribution in [3.8, 4) is 0 Å². The number of hydrogen-bond donors (Lipinski definition) is 0. The standard InChI is InChI=1S/H3P.H2S.H4Si.Ti/h1H3;1H2;1H4;. The van der Waals surface area contributed by atoms with Gasteiger partial charge in [0.15, 0.2) is 0 Å². The van der Waals surface area contributed by atoms with E-state index in [2.05, 4.69) is 0 Å². The summed E-state index contributed by atoms with van der Waals surface area (Å²) in [5.74, 6) is 0. The third-order valence-corrected chi connectivity index (χ3v) is 0. The van der Waals surface area contributed by atoms with Crippen LogP contribution in [0.4, 0.5) is 0 Å². The van der Waals surface area contributed by atoms with Gasteiger partial charge < -0.3 is 0 Å². The Morgan fingerprint density at radius 3 is 1.00 bits per heavy atom. The predicted octanol–water partition coefficient (Wildman–Crippen LogP) is -1.28. The molecule has 1 atom stereocenters. The topological polar surface area (TPSA) is 0 Å². The predicted molar refractivity (Wildman–Crippen MR) is 32.8 cm³/mol. The fourth-order valence-electron chi connectivity index (χ4n) is 0. The van der Waals surface area contributed by atoms with E-state index in [9.17, 15) is 0 Å². The van der Waals surface area contributed by atoms with Crippen LogP contribution in [0.5, 0.6) is 0 Å². The Morgan fingerprint density at radius 2 is 1.00 bits per heavy atom. The van der Waals surface area contributed by atoms with Crippen molar-refractivity contribution in [1.29, 1.82) is 0 Å². The van der Waals surface area contributed by atoms with Crippen LogP contribution in [0.15, 0.2) is 0 Å². The second-order valence-electron chi connectivity index (χ2n) is 0. The van der Waals surface area contributed by atoms with Gasteiger partial charge in [0, 0.05) is 21.7 Å². The smallest absolute Gasteiger partial charge is 0 e. The van der Waals surface area contributed by atoms with Crippen LogP contribution in [-0.2, 0) is 21.7 Å². The van der Waals surface area contributed by atoms with Crippen LogP contribution in [0, 0.1) is 0 Å². The molecule has 0 fully saturated rings. The van der Waals surface area contributed by atoms with Crippen LogP contribution >= 0.6 is 23.4 Å². The van der Waals surface area contributed by atoms with Crippen LogP contribution in [0.3, 0.4) is 0 Å². The zero-order valence-electron chi connectivity index (χ0n) is 1.71. The van der Waals surface area contributed by atoms with Gasteiger partial charge in [-0.05, 0) is 11.0 Å². The molecule has 0 aromatic rings. The maximum absolute atomic E-state index is 0. The summed E-state index contributed by atoms with van der Waals surface area (Å²) < 4.78 is 0. The molecule has 0 radical (unpaired) electrons. The normalized spacial score (nSPS) is 0. The van der Waals surface area contributed by atoms with E-state index in [0.717, 1.165) is 0 Å². The molecule has 28 valence electrons. The summed E-state index contributed by atoms with van der Waals surface area (Å²) in [4.78, 5) is 0. The molecule has 0 spiro atoms. The first kappa shape index (κ1) is 43.3. The summed E-state index contributed by atoms with van der Waals surface area (Å²) in [6.45, 7) is 0. The molecule has 0 amide bonds. The van der Waals surface area contributed by atoms with Crippen molar-refractivity contribution >= 4 is 34.4 Å². The molecule has 0 aliphatic rings. The van der Waals surface area contributed by atoms with Crippen molar-refractivity contribution in [2.75, 3.05) is 0 Å². The van der Waals surface area contributed by atoms with Crippen LogP contribution in [0.2, 0.25) is 0 Å². The van der Waals surface area contributed by atoms with Gasteiger partial charge in [-0.15, -0.1) is 0 Å². The Labute approximate surface area is 56.1 Å². The van der Waals surface area contributed by atoms with Crippen LogP contribution < -0.4 is 0 Å². The van der Waals surface area contributed by atoms with E-state index >= 15 is 0 Å². The third kappa shape index (κ3) is 9.32. The summed E-state index contributed by atoms with van der Waals surface area (Å²) in [5.41, 5.74) is 0. The van der Waals surface area contributed by atoms with Crippen molar-refractivity contribution in [2.45, 2.75) is 0 Å². The zero-order valence-corrected chi connectivity index (χ0v) is 5.68. The molecule has 0 saturated heterocycles. The average molecular weight is 148 g/mol. The maximum atomic E-state index is 0. The van der Waals surface area contributed by atoms with Crippen LogP contribution in [0.25, 0.3) is 0 Å². The second kappa shape index (κ2) is 22.2. The third-order valence-electron chi connectivity index (χ3n) is 0. The van der Waals surface area contributed by atoms with Crippen LogP contribution in [0.1, 0.15) is 0 Å². The van der Waals surface area contributed by atoms with Crippen molar-refractivity contribution in [1.82, 2.24) is 0 Å².